The second-order valence-electron chi connectivity index (χ2n) is 5.80. The van der Waals surface area contributed by atoms with Gasteiger partial charge in [-0.2, -0.15) is 5.10 Å². The number of nitrogens with zero attached hydrogens (tertiary/aromatic N) is 4. The number of benzene rings is 1. The summed E-state index contributed by atoms with van der Waals surface area (Å²) in [4.78, 5) is 24.6. The lowest BCUT2D eigenvalue weighted by Gasteiger charge is -2.33. The minimum Gasteiger partial charge on any atom is -0.502 e. The smallest absolute Gasteiger partial charge is 0.311 e. The Morgan fingerprint density at radius 2 is 2.24 bits per heavy atom. The fourth-order valence-electron chi connectivity index (χ4n) is 2.84. The van der Waals surface area contributed by atoms with E-state index in [1.54, 1.807) is 12.3 Å². The van der Waals surface area contributed by atoms with Crippen molar-refractivity contribution in [2.24, 2.45) is 0 Å². The molecular formula is C16H17N5O4. The number of aromatic nitrogens is 2. The quantitative estimate of drug-likeness (QED) is 0.637. The van der Waals surface area contributed by atoms with E-state index < -0.39 is 22.3 Å². The molecule has 9 heteroatoms. The van der Waals surface area contributed by atoms with Crippen molar-refractivity contribution < 1.29 is 14.8 Å². The highest BCUT2D eigenvalue weighted by Gasteiger charge is 2.24. The summed E-state index contributed by atoms with van der Waals surface area (Å²) in [6, 6.07) is 7.16. The first-order valence-electron chi connectivity index (χ1n) is 7.85. The molecule has 0 aliphatic carbocycles. The second-order valence-corrected chi connectivity index (χ2v) is 5.80. The maximum absolute atomic E-state index is 12.4. The monoisotopic (exact) mass is 343 g/mol. The maximum Gasteiger partial charge on any atom is 0.311 e. The summed E-state index contributed by atoms with van der Waals surface area (Å²) < 4.78 is 0. The number of anilines is 1. The molecule has 0 saturated carbocycles. The van der Waals surface area contributed by atoms with E-state index in [2.05, 4.69) is 15.5 Å². The van der Waals surface area contributed by atoms with Crippen LogP contribution in [0.1, 0.15) is 23.2 Å². The van der Waals surface area contributed by atoms with Crippen LogP contribution >= 0.6 is 0 Å². The van der Waals surface area contributed by atoms with E-state index in [0.717, 1.165) is 37.3 Å². The average Bonchev–Trinajstić information content (AvgIpc) is 2.62. The predicted molar refractivity (Wildman–Crippen MR) is 89.5 cm³/mol. The number of nitro groups is 1. The number of hydrogen-bond acceptors (Lipinski definition) is 7. The molecule has 0 radical (unpaired) electrons. The highest BCUT2D eigenvalue weighted by Crippen LogP contribution is 2.26. The Hall–Kier alpha value is -3.23. The van der Waals surface area contributed by atoms with Gasteiger partial charge >= 0.3 is 5.69 Å². The SMILES string of the molecule is O=C(N[C@@H]1CCCN(c2cccnn2)C1)c1ccc(O)c([N+](=O)[O-])c1. The van der Waals surface area contributed by atoms with Crippen LogP contribution in [-0.2, 0) is 0 Å². The molecule has 0 spiro atoms. The number of nitrogens with one attached hydrogen (secondary N) is 1. The van der Waals surface area contributed by atoms with Gasteiger partial charge in [0.2, 0.25) is 0 Å². The third-order valence-corrected chi connectivity index (χ3v) is 4.07. The fraction of sp³-hybridized carbons (Fsp3) is 0.312. The summed E-state index contributed by atoms with van der Waals surface area (Å²) in [6.07, 6.45) is 3.30. The van der Waals surface area contributed by atoms with Gasteiger partial charge in [-0.05, 0) is 37.1 Å². The van der Waals surface area contributed by atoms with E-state index in [9.17, 15) is 20.0 Å². The van der Waals surface area contributed by atoms with Crippen molar-refractivity contribution in [3.8, 4) is 5.75 Å². The van der Waals surface area contributed by atoms with Gasteiger partial charge in [0.1, 0.15) is 0 Å². The Kier molecular flexibility index (Phi) is 4.73. The van der Waals surface area contributed by atoms with Crippen LogP contribution < -0.4 is 10.2 Å². The summed E-state index contributed by atoms with van der Waals surface area (Å²) in [5, 5.41) is 31.2. The first kappa shape index (κ1) is 16.6. The zero-order valence-corrected chi connectivity index (χ0v) is 13.3. The van der Waals surface area contributed by atoms with Crippen molar-refractivity contribution >= 4 is 17.4 Å². The molecule has 9 nitrogen and oxygen atoms in total. The number of hydrogen-bond donors (Lipinski definition) is 2. The first-order valence-corrected chi connectivity index (χ1v) is 7.85. The Bertz CT molecular complexity index is 783. The molecule has 3 rings (SSSR count). The van der Waals surface area contributed by atoms with E-state index >= 15 is 0 Å². The lowest BCUT2D eigenvalue weighted by molar-refractivity contribution is -0.385. The Morgan fingerprint density at radius 3 is 2.96 bits per heavy atom. The summed E-state index contributed by atoms with van der Waals surface area (Å²) in [6.45, 7) is 1.42. The molecular weight excluding hydrogens is 326 g/mol. The van der Waals surface area contributed by atoms with Gasteiger partial charge < -0.3 is 15.3 Å². The summed E-state index contributed by atoms with van der Waals surface area (Å²) >= 11 is 0. The molecule has 1 amide bonds. The third kappa shape index (κ3) is 3.82. The number of amides is 1. The number of piperidine rings is 1. The van der Waals surface area contributed by atoms with Gasteiger partial charge in [-0.1, -0.05) is 0 Å². The highest BCUT2D eigenvalue weighted by molar-refractivity contribution is 5.95. The van der Waals surface area contributed by atoms with Crippen molar-refractivity contribution in [3.05, 3.63) is 52.2 Å². The molecule has 2 N–H and O–H groups in total. The van der Waals surface area contributed by atoms with Crippen molar-refractivity contribution in [3.63, 3.8) is 0 Å². The summed E-state index contributed by atoms with van der Waals surface area (Å²) in [5.41, 5.74) is -0.349. The minimum atomic E-state index is -0.720. The number of phenolic OH excluding ortho intramolecular Hbond substituents is 1. The lowest BCUT2D eigenvalue weighted by Crippen LogP contribution is -2.48. The normalized spacial score (nSPS) is 17.1. The Labute approximate surface area is 143 Å². The average molecular weight is 343 g/mol. The molecule has 25 heavy (non-hydrogen) atoms. The van der Waals surface area contributed by atoms with E-state index in [1.165, 1.54) is 6.07 Å². The second kappa shape index (κ2) is 7.12. The lowest BCUT2D eigenvalue weighted by atomic mass is 10.0. The van der Waals surface area contributed by atoms with E-state index in [4.69, 9.17) is 0 Å². The number of nitro benzene ring substituents is 1. The Balaban J connectivity index is 1.68. The molecule has 1 aromatic carbocycles. The van der Waals surface area contributed by atoms with Gasteiger partial charge in [-0.15, -0.1) is 5.10 Å². The number of rotatable bonds is 4. The fourth-order valence-corrected chi connectivity index (χ4v) is 2.84. The van der Waals surface area contributed by atoms with Gasteiger partial charge in [0, 0.05) is 37.0 Å². The van der Waals surface area contributed by atoms with Crippen LogP contribution in [0.15, 0.2) is 36.5 Å². The van der Waals surface area contributed by atoms with Gasteiger partial charge in [0.25, 0.3) is 5.91 Å². The zero-order valence-electron chi connectivity index (χ0n) is 13.3. The molecule has 1 aliphatic heterocycles. The van der Waals surface area contributed by atoms with E-state index in [-0.39, 0.29) is 11.6 Å². The van der Waals surface area contributed by atoms with Crippen LogP contribution in [-0.4, -0.2) is 45.3 Å². The molecule has 1 aliphatic rings. The van der Waals surface area contributed by atoms with Crippen LogP contribution in [0.4, 0.5) is 11.5 Å². The van der Waals surface area contributed by atoms with Crippen molar-refractivity contribution in [2.45, 2.75) is 18.9 Å². The molecule has 1 atom stereocenters. The van der Waals surface area contributed by atoms with E-state index in [1.807, 2.05) is 11.0 Å². The van der Waals surface area contributed by atoms with Crippen LogP contribution in [0.25, 0.3) is 0 Å². The largest absolute Gasteiger partial charge is 0.502 e. The highest BCUT2D eigenvalue weighted by atomic mass is 16.6. The van der Waals surface area contributed by atoms with Gasteiger partial charge in [0.05, 0.1) is 4.92 Å². The standard InChI is InChI=1S/C16H17N5O4/c22-14-6-5-11(9-13(14)21(24)25)16(23)18-12-3-2-8-20(10-12)15-4-1-7-17-19-15/h1,4-7,9,12,22H,2-3,8,10H2,(H,18,23)/t12-/m1/s1. The number of phenols is 1. The van der Waals surface area contributed by atoms with Crippen molar-refractivity contribution in [2.75, 3.05) is 18.0 Å². The van der Waals surface area contributed by atoms with Crippen LogP contribution in [0.2, 0.25) is 0 Å². The predicted octanol–water partition coefficient (Wildman–Crippen LogP) is 1.49. The minimum absolute atomic E-state index is 0.101. The van der Waals surface area contributed by atoms with Crippen LogP contribution in [0.5, 0.6) is 5.75 Å². The molecule has 1 fully saturated rings. The number of carbonyl (C=O) groups excluding carboxylic acids is 1. The topological polar surface area (TPSA) is 121 Å². The van der Waals surface area contributed by atoms with Gasteiger partial charge in [-0.3, -0.25) is 14.9 Å². The molecule has 1 aromatic heterocycles. The van der Waals surface area contributed by atoms with Gasteiger partial charge in [-0.25, -0.2) is 0 Å². The molecule has 0 unspecified atom stereocenters. The van der Waals surface area contributed by atoms with Gasteiger partial charge in [0.15, 0.2) is 11.6 Å². The molecule has 1 saturated heterocycles. The summed E-state index contributed by atoms with van der Waals surface area (Å²) in [5.74, 6) is -0.121. The molecule has 2 heterocycles. The first-order chi connectivity index (χ1) is 12.0. The van der Waals surface area contributed by atoms with Crippen LogP contribution in [0, 0.1) is 10.1 Å². The Morgan fingerprint density at radius 1 is 1.40 bits per heavy atom. The number of carbonyl (C=O) groups is 1. The maximum atomic E-state index is 12.4. The summed E-state index contributed by atoms with van der Waals surface area (Å²) in [7, 11) is 0. The molecule has 2 aromatic rings. The van der Waals surface area contributed by atoms with Crippen LogP contribution in [0.3, 0.4) is 0 Å². The number of aromatic hydroxyl groups is 1. The zero-order chi connectivity index (χ0) is 17.8. The van der Waals surface area contributed by atoms with Crippen molar-refractivity contribution in [1.82, 2.24) is 15.5 Å². The van der Waals surface area contributed by atoms with E-state index in [0.29, 0.717) is 6.54 Å². The third-order valence-electron chi connectivity index (χ3n) is 4.07. The molecule has 0 bridgehead atoms. The molecule has 130 valence electrons. The van der Waals surface area contributed by atoms with Crippen molar-refractivity contribution in [1.29, 1.82) is 0 Å².